The van der Waals surface area contributed by atoms with Crippen molar-refractivity contribution in [2.75, 3.05) is 12.8 Å². The van der Waals surface area contributed by atoms with Crippen LogP contribution in [0.5, 0.6) is 0 Å². The Balaban J connectivity index is 1.65. The van der Waals surface area contributed by atoms with Crippen molar-refractivity contribution in [2.24, 2.45) is 0 Å². The van der Waals surface area contributed by atoms with Crippen molar-refractivity contribution in [1.29, 1.82) is 0 Å². The van der Waals surface area contributed by atoms with Crippen molar-refractivity contribution in [1.82, 2.24) is 5.32 Å². The molecule has 1 N–H and O–H groups in total. The predicted molar refractivity (Wildman–Crippen MR) is 87.4 cm³/mol. The van der Waals surface area contributed by atoms with Gasteiger partial charge in [0.1, 0.15) is 0 Å². The Kier molecular flexibility index (Phi) is 4.44. The first-order valence-electron chi connectivity index (χ1n) is 7.32. The Morgan fingerprint density at radius 2 is 1.85 bits per heavy atom. The molecule has 3 rings (SSSR count). The third-order valence-electron chi connectivity index (χ3n) is 4.15. The van der Waals surface area contributed by atoms with Gasteiger partial charge in [0.15, 0.2) is 0 Å². The average Bonchev–Trinajstić information content (AvgIpc) is 2.92. The van der Waals surface area contributed by atoms with Gasteiger partial charge in [0.05, 0.1) is 0 Å². The number of benzene rings is 2. The first-order chi connectivity index (χ1) is 9.88. The van der Waals surface area contributed by atoms with Crippen LogP contribution in [0.2, 0.25) is 0 Å². The van der Waals surface area contributed by atoms with Crippen LogP contribution in [0, 0.1) is 0 Å². The van der Waals surface area contributed by atoms with Crippen LogP contribution in [0.3, 0.4) is 0 Å². The van der Waals surface area contributed by atoms with E-state index in [2.05, 4.69) is 67.0 Å². The second-order valence-electron chi connectivity index (χ2n) is 5.38. The molecule has 2 unspecified atom stereocenters. The monoisotopic (exact) mass is 283 g/mol. The van der Waals surface area contributed by atoms with Crippen LogP contribution in [0.1, 0.15) is 35.9 Å². The average molecular weight is 283 g/mol. The summed E-state index contributed by atoms with van der Waals surface area (Å²) in [6.07, 6.45) is 2.45. The van der Waals surface area contributed by atoms with Crippen molar-refractivity contribution in [3.05, 3.63) is 65.7 Å². The van der Waals surface area contributed by atoms with Gasteiger partial charge in [-0.1, -0.05) is 48.5 Å². The molecule has 0 bridgehead atoms. The van der Waals surface area contributed by atoms with Gasteiger partial charge in [-0.25, -0.2) is 0 Å². The topological polar surface area (TPSA) is 12.0 Å². The Morgan fingerprint density at radius 1 is 1.10 bits per heavy atom. The van der Waals surface area contributed by atoms with Crippen LogP contribution < -0.4 is 5.32 Å². The van der Waals surface area contributed by atoms with Gasteiger partial charge in [0.2, 0.25) is 0 Å². The molecule has 2 aromatic carbocycles. The molecular formula is C18H21NS. The normalized spacial score (nSPS) is 18.8. The van der Waals surface area contributed by atoms with Gasteiger partial charge in [-0.05, 0) is 43.0 Å². The van der Waals surface area contributed by atoms with Crippen LogP contribution in [-0.4, -0.2) is 12.8 Å². The van der Waals surface area contributed by atoms with Crippen molar-refractivity contribution >= 4 is 11.8 Å². The molecule has 0 fully saturated rings. The number of hydrogen-bond donors (Lipinski definition) is 1. The summed E-state index contributed by atoms with van der Waals surface area (Å²) in [7, 11) is 2.06. The molecule has 0 amide bonds. The van der Waals surface area contributed by atoms with E-state index in [9.17, 15) is 0 Å². The van der Waals surface area contributed by atoms with Gasteiger partial charge in [0, 0.05) is 16.7 Å². The molecule has 0 aliphatic carbocycles. The molecule has 0 aromatic heterocycles. The van der Waals surface area contributed by atoms with Crippen LogP contribution in [0.25, 0.3) is 0 Å². The van der Waals surface area contributed by atoms with E-state index >= 15 is 0 Å². The lowest BCUT2D eigenvalue weighted by atomic mass is 9.92. The molecule has 2 atom stereocenters. The number of fused-ring (bicyclic) bond motifs is 1. The maximum atomic E-state index is 3.46. The smallest absolute Gasteiger partial charge is 0.0317 e. The fourth-order valence-electron chi connectivity index (χ4n) is 3.00. The summed E-state index contributed by atoms with van der Waals surface area (Å²) in [5.74, 6) is 1.96. The van der Waals surface area contributed by atoms with Crippen molar-refractivity contribution < 1.29 is 0 Å². The van der Waals surface area contributed by atoms with Crippen LogP contribution in [0.4, 0.5) is 0 Å². The standard InChI is InChI=1S/C18H21NS/c1-19-17(14-7-3-2-4-8-14)12-11-15-13-20-18-10-6-5-9-16(15)18/h2-10,15,17,19H,11-13H2,1H3. The summed E-state index contributed by atoms with van der Waals surface area (Å²) in [6.45, 7) is 0. The van der Waals surface area contributed by atoms with E-state index in [1.807, 2.05) is 11.8 Å². The van der Waals surface area contributed by atoms with Crippen molar-refractivity contribution in [3.63, 3.8) is 0 Å². The van der Waals surface area contributed by atoms with Gasteiger partial charge in [-0.15, -0.1) is 11.8 Å². The third kappa shape index (κ3) is 2.92. The SMILES string of the molecule is CNC(CCC1CSc2ccccc21)c1ccccc1. The highest BCUT2D eigenvalue weighted by Gasteiger charge is 2.23. The quantitative estimate of drug-likeness (QED) is 0.859. The van der Waals surface area contributed by atoms with E-state index < -0.39 is 0 Å². The third-order valence-corrected chi connectivity index (χ3v) is 5.40. The fourth-order valence-corrected chi connectivity index (χ4v) is 4.30. The Bertz CT molecular complexity index is 550. The summed E-state index contributed by atoms with van der Waals surface area (Å²) in [5.41, 5.74) is 2.95. The van der Waals surface area contributed by atoms with E-state index in [0.29, 0.717) is 6.04 Å². The Morgan fingerprint density at radius 3 is 2.65 bits per heavy atom. The molecular weight excluding hydrogens is 262 g/mol. The molecule has 2 heteroatoms. The van der Waals surface area contributed by atoms with E-state index in [0.717, 1.165) is 5.92 Å². The number of thioether (sulfide) groups is 1. The minimum Gasteiger partial charge on any atom is -0.313 e. The first-order valence-corrected chi connectivity index (χ1v) is 8.31. The molecule has 1 nitrogen and oxygen atoms in total. The molecule has 1 aliphatic rings. The largest absolute Gasteiger partial charge is 0.313 e. The van der Waals surface area contributed by atoms with Gasteiger partial charge >= 0.3 is 0 Å². The van der Waals surface area contributed by atoms with Gasteiger partial charge < -0.3 is 5.32 Å². The van der Waals surface area contributed by atoms with E-state index in [4.69, 9.17) is 0 Å². The summed E-state index contributed by atoms with van der Waals surface area (Å²) in [6, 6.07) is 20.1. The fraction of sp³-hybridized carbons (Fsp3) is 0.333. The van der Waals surface area contributed by atoms with Gasteiger partial charge in [0.25, 0.3) is 0 Å². The van der Waals surface area contributed by atoms with Crippen molar-refractivity contribution in [2.45, 2.75) is 29.7 Å². The second kappa shape index (κ2) is 6.47. The van der Waals surface area contributed by atoms with E-state index in [1.54, 1.807) is 5.56 Å². The Hall–Kier alpha value is -1.25. The molecule has 0 saturated heterocycles. The van der Waals surface area contributed by atoms with Gasteiger partial charge in [-0.3, -0.25) is 0 Å². The zero-order valence-electron chi connectivity index (χ0n) is 11.9. The molecule has 2 aromatic rings. The Labute approximate surface area is 125 Å². The predicted octanol–water partition coefficient (Wildman–Crippen LogP) is 4.62. The summed E-state index contributed by atoms with van der Waals surface area (Å²) < 4.78 is 0. The van der Waals surface area contributed by atoms with Crippen LogP contribution in [-0.2, 0) is 0 Å². The number of nitrogens with one attached hydrogen (secondary N) is 1. The highest BCUT2D eigenvalue weighted by atomic mass is 32.2. The van der Waals surface area contributed by atoms with E-state index in [-0.39, 0.29) is 0 Å². The van der Waals surface area contributed by atoms with Gasteiger partial charge in [-0.2, -0.15) is 0 Å². The lowest BCUT2D eigenvalue weighted by Crippen LogP contribution is -2.17. The maximum absolute atomic E-state index is 3.46. The minimum atomic E-state index is 0.467. The summed E-state index contributed by atoms with van der Waals surface area (Å²) in [4.78, 5) is 1.48. The maximum Gasteiger partial charge on any atom is 0.0317 e. The zero-order chi connectivity index (χ0) is 13.8. The lowest BCUT2D eigenvalue weighted by Gasteiger charge is -2.19. The first kappa shape index (κ1) is 13.7. The van der Waals surface area contributed by atoms with Crippen molar-refractivity contribution in [3.8, 4) is 0 Å². The minimum absolute atomic E-state index is 0.467. The molecule has 20 heavy (non-hydrogen) atoms. The van der Waals surface area contributed by atoms with Crippen LogP contribution >= 0.6 is 11.8 Å². The lowest BCUT2D eigenvalue weighted by molar-refractivity contribution is 0.501. The number of hydrogen-bond acceptors (Lipinski definition) is 2. The molecule has 0 radical (unpaired) electrons. The summed E-state index contributed by atoms with van der Waals surface area (Å²) in [5, 5.41) is 3.46. The second-order valence-corrected chi connectivity index (χ2v) is 6.44. The highest BCUT2D eigenvalue weighted by Crippen LogP contribution is 2.42. The molecule has 1 heterocycles. The highest BCUT2D eigenvalue weighted by molar-refractivity contribution is 7.99. The van der Waals surface area contributed by atoms with E-state index in [1.165, 1.54) is 29.1 Å². The molecule has 1 aliphatic heterocycles. The molecule has 104 valence electrons. The van der Waals surface area contributed by atoms with Crippen LogP contribution in [0.15, 0.2) is 59.5 Å². The summed E-state index contributed by atoms with van der Waals surface area (Å²) >= 11 is 2.01. The zero-order valence-corrected chi connectivity index (χ0v) is 12.7. The molecule has 0 spiro atoms. The number of rotatable bonds is 5. The molecule has 0 saturated carbocycles.